The smallest absolute Gasteiger partial charge is 0.278 e. The zero-order chi connectivity index (χ0) is 22.8. The number of nitrogens with zero attached hydrogens (tertiary/aromatic N) is 4. The maximum atomic E-state index is 12.9. The number of aromatic nitrogens is 3. The Bertz CT molecular complexity index is 1180. The lowest BCUT2D eigenvalue weighted by molar-refractivity contribution is -0.126. The number of nitrogens with one attached hydrogen (secondary N) is 1. The molecule has 174 valence electrons. The quantitative estimate of drug-likeness (QED) is 0.604. The number of benzene rings is 1. The molecule has 2 aromatic heterocycles. The van der Waals surface area contributed by atoms with E-state index in [0.29, 0.717) is 4.96 Å². The molecule has 1 N–H and O–H groups in total. The zero-order valence-electron chi connectivity index (χ0n) is 19.1. The summed E-state index contributed by atoms with van der Waals surface area (Å²) in [6.45, 7) is 3.62. The maximum Gasteiger partial charge on any atom is 0.278 e. The molecular weight excluding hydrogens is 434 g/mol. The molecule has 1 amide bonds. The van der Waals surface area contributed by atoms with Crippen molar-refractivity contribution in [1.82, 2.24) is 19.9 Å². The Morgan fingerprint density at radius 2 is 1.94 bits per heavy atom. The second-order valence-corrected chi connectivity index (χ2v) is 10.3. The van der Waals surface area contributed by atoms with E-state index in [-0.39, 0.29) is 23.4 Å². The Morgan fingerprint density at radius 3 is 2.73 bits per heavy atom. The first-order valence-corrected chi connectivity index (χ1v) is 12.9. The lowest BCUT2D eigenvalue weighted by Crippen LogP contribution is -2.43. The number of amides is 1. The molecule has 3 heterocycles. The Balaban J connectivity index is 1.17. The van der Waals surface area contributed by atoms with Crippen molar-refractivity contribution < 1.29 is 4.79 Å². The van der Waals surface area contributed by atoms with Crippen LogP contribution < -0.4 is 15.8 Å². The third-order valence-corrected chi connectivity index (χ3v) is 7.87. The third-order valence-electron chi connectivity index (χ3n) is 6.90. The van der Waals surface area contributed by atoms with Crippen LogP contribution in [0.15, 0.2) is 35.1 Å². The first-order chi connectivity index (χ1) is 16.1. The van der Waals surface area contributed by atoms with Gasteiger partial charge in [-0.15, -0.1) is 5.10 Å². The van der Waals surface area contributed by atoms with Crippen molar-refractivity contribution in [3.63, 3.8) is 0 Å². The largest absolute Gasteiger partial charge is 0.353 e. The van der Waals surface area contributed by atoms with E-state index in [9.17, 15) is 9.59 Å². The van der Waals surface area contributed by atoms with E-state index in [1.807, 2.05) is 6.07 Å². The first kappa shape index (κ1) is 22.1. The average molecular weight is 466 g/mol. The van der Waals surface area contributed by atoms with E-state index in [1.165, 1.54) is 21.4 Å². The molecule has 5 rings (SSSR count). The molecule has 7 nitrogen and oxygen atoms in total. The summed E-state index contributed by atoms with van der Waals surface area (Å²) in [7, 11) is 0. The molecule has 1 saturated heterocycles. The molecule has 3 aromatic rings. The van der Waals surface area contributed by atoms with Crippen LogP contribution in [-0.2, 0) is 24.1 Å². The van der Waals surface area contributed by atoms with Crippen molar-refractivity contribution in [2.24, 2.45) is 5.92 Å². The summed E-state index contributed by atoms with van der Waals surface area (Å²) in [6.07, 6.45) is 7.34. The fourth-order valence-electron chi connectivity index (χ4n) is 4.88. The SMILES string of the molecule is C[C@@H](CCc1ccccc1)NC(=O)C1CCN(c2nn3c(=O)c4c(nc3s2)CCCC4)CC1. The van der Waals surface area contributed by atoms with Crippen LogP contribution in [0.5, 0.6) is 0 Å². The number of carbonyl (C=O) groups excluding carboxylic acids is 1. The van der Waals surface area contributed by atoms with Crippen molar-refractivity contribution in [2.45, 2.75) is 64.3 Å². The lowest BCUT2D eigenvalue weighted by atomic mass is 9.95. The average Bonchev–Trinajstić information content (AvgIpc) is 3.28. The van der Waals surface area contributed by atoms with E-state index >= 15 is 0 Å². The highest BCUT2D eigenvalue weighted by molar-refractivity contribution is 7.20. The monoisotopic (exact) mass is 465 g/mol. The number of aryl methyl sites for hydroxylation is 2. The van der Waals surface area contributed by atoms with Gasteiger partial charge in [-0.3, -0.25) is 9.59 Å². The van der Waals surface area contributed by atoms with Crippen molar-refractivity contribution in [1.29, 1.82) is 0 Å². The molecule has 1 atom stereocenters. The highest BCUT2D eigenvalue weighted by atomic mass is 32.1. The number of rotatable bonds is 6. The Labute approximate surface area is 197 Å². The van der Waals surface area contributed by atoms with Gasteiger partial charge in [0.15, 0.2) is 0 Å². The Hall–Kier alpha value is -2.74. The fraction of sp³-hybridized carbons (Fsp3) is 0.520. The summed E-state index contributed by atoms with van der Waals surface area (Å²) < 4.78 is 1.48. The number of carbonyl (C=O) groups is 1. The van der Waals surface area contributed by atoms with Gasteiger partial charge < -0.3 is 10.2 Å². The van der Waals surface area contributed by atoms with Crippen LogP contribution in [0.3, 0.4) is 0 Å². The molecule has 1 aliphatic carbocycles. The predicted molar refractivity (Wildman–Crippen MR) is 131 cm³/mol. The molecule has 0 bridgehead atoms. The minimum absolute atomic E-state index is 0.00375. The van der Waals surface area contributed by atoms with Gasteiger partial charge >= 0.3 is 0 Å². The van der Waals surface area contributed by atoms with Crippen LogP contribution in [0.1, 0.15) is 55.8 Å². The summed E-state index contributed by atoms with van der Waals surface area (Å²) in [4.78, 5) is 33.3. The van der Waals surface area contributed by atoms with Gasteiger partial charge in [-0.05, 0) is 63.9 Å². The Morgan fingerprint density at radius 1 is 1.18 bits per heavy atom. The molecule has 0 saturated carbocycles. The van der Waals surface area contributed by atoms with Gasteiger partial charge in [-0.25, -0.2) is 4.98 Å². The molecule has 1 aromatic carbocycles. The van der Waals surface area contributed by atoms with Crippen LogP contribution in [0.2, 0.25) is 0 Å². The fourth-order valence-corrected chi connectivity index (χ4v) is 5.85. The minimum Gasteiger partial charge on any atom is -0.353 e. The second kappa shape index (κ2) is 9.63. The molecular formula is C25H31N5O2S. The van der Waals surface area contributed by atoms with Crippen LogP contribution in [0.25, 0.3) is 4.96 Å². The predicted octanol–water partition coefficient (Wildman–Crippen LogP) is 3.38. The van der Waals surface area contributed by atoms with Crippen LogP contribution in [0, 0.1) is 5.92 Å². The summed E-state index contributed by atoms with van der Waals surface area (Å²) >= 11 is 1.48. The van der Waals surface area contributed by atoms with Gasteiger partial charge in [0.1, 0.15) is 0 Å². The van der Waals surface area contributed by atoms with Gasteiger partial charge in [0.05, 0.1) is 5.69 Å². The van der Waals surface area contributed by atoms with Crippen LogP contribution in [-0.4, -0.2) is 39.6 Å². The number of hydrogen-bond donors (Lipinski definition) is 1. The van der Waals surface area contributed by atoms with E-state index in [2.05, 4.69) is 46.5 Å². The molecule has 2 aliphatic rings. The lowest BCUT2D eigenvalue weighted by Gasteiger charge is -2.31. The maximum absolute atomic E-state index is 12.9. The molecule has 0 unspecified atom stereocenters. The van der Waals surface area contributed by atoms with Crippen LogP contribution in [0.4, 0.5) is 5.13 Å². The normalized spacial score (nSPS) is 17.7. The highest BCUT2D eigenvalue weighted by Crippen LogP contribution is 2.28. The molecule has 0 radical (unpaired) electrons. The number of fused-ring (bicyclic) bond motifs is 2. The van der Waals surface area contributed by atoms with E-state index in [0.717, 1.165) is 80.8 Å². The van der Waals surface area contributed by atoms with Gasteiger partial charge in [0.2, 0.25) is 16.0 Å². The molecule has 8 heteroatoms. The summed E-state index contributed by atoms with van der Waals surface area (Å²) in [5.41, 5.74) is 3.10. The van der Waals surface area contributed by atoms with E-state index < -0.39 is 0 Å². The van der Waals surface area contributed by atoms with Crippen molar-refractivity contribution in [3.05, 3.63) is 57.5 Å². The van der Waals surface area contributed by atoms with Crippen LogP contribution >= 0.6 is 11.3 Å². The number of piperidine rings is 1. The van der Waals surface area contributed by atoms with Gasteiger partial charge in [0, 0.05) is 30.6 Å². The van der Waals surface area contributed by atoms with Gasteiger partial charge in [-0.2, -0.15) is 4.52 Å². The highest BCUT2D eigenvalue weighted by Gasteiger charge is 2.28. The molecule has 33 heavy (non-hydrogen) atoms. The Kier molecular flexibility index (Phi) is 6.44. The topological polar surface area (TPSA) is 79.6 Å². The van der Waals surface area contributed by atoms with Crippen molar-refractivity contribution >= 4 is 27.3 Å². The first-order valence-electron chi connectivity index (χ1n) is 12.1. The third kappa shape index (κ3) is 4.81. The molecule has 0 spiro atoms. The van der Waals surface area contributed by atoms with E-state index in [1.54, 1.807) is 0 Å². The van der Waals surface area contributed by atoms with Gasteiger partial charge in [0.25, 0.3) is 5.56 Å². The summed E-state index contributed by atoms with van der Waals surface area (Å²) in [5, 5.41) is 8.64. The van der Waals surface area contributed by atoms with Gasteiger partial charge in [-0.1, -0.05) is 41.7 Å². The number of anilines is 1. The minimum atomic E-state index is -0.00375. The number of hydrogen-bond acceptors (Lipinski definition) is 6. The standard InChI is InChI=1S/C25H31N5O2S/c1-17(11-12-18-7-3-2-4-8-18)26-22(31)19-13-15-29(16-14-19)25-28-30-23(32)20-9-5-6-10-21(20)27-24(30)33-25/h2-4,7-8,17,19H,5-6,9-16H2,1H3,(H,26,31)/t17-/m0/s1. The zero-order valence-corrected chi connectivity index (χ0v) is 19.9. The molecule has 1 aliphatic heterocycles. The summed E-state index contributed by atoms with van der Waals surface area (Å²) in [6, 6.07) is 10.6. The summed E-state index contributed by atoms with van der Waals surface area (Å²) in [5.74, 6) is 0.188. The molecule has 1 fully saturated rings. The second-order valence-electron chi connectivity index (χ2n) is 9.32. The van der Waals surface area contributed by atoms with Crippen molar-refractivity contribution in [3.8, 4) is 0 Å². The van der Waals surface area contributed by atoms with E-state index in [4.69, 9.17) is 4.98 Å². The van der Waals surface area contributed by atoms with Crippen molar-refractivity contribution in [2.75, 3.05) is 18.0 Å².